The highest BCUT2D eigenvalue weighted by atomic mass is 16.3. The number of fused-ring (bicyclic) bond motifs is 1. The number of rotatable bonds is 7. The molecule has 3 rings (SSSR count). The Morgan fingerprint density at radius 2 is 2.04 bits per heavy atom. The predicted molar refractivity (Wildman–Crippen MR) is 98.1 cm³/mol. The molecule has 0 bridgehead atoms. The van der Waals surface area contributed by atoms with Crippen LogP contribution < -0.4 is 5.32 Å². The van der Waals surface area contributed by atoms with Crippen LogP contribution in [0.4, 0.5) is 0 Å². The minimum Gasteiger partial charge on any atom is -0.387 e. The van der Waals surface area contributed by atoms with Crippen molar-refractivity contribution in [2.45, 2.75) is 32.4 Å². The Labute approximate surface area is 147 Å². The molecule has 1 atom stereocenters. The van der Waals surface area contributed by atoms with Crippen molar-refractivity contribution in [2.75, 3.05) is 6.54 Å². The Hall–Kier alpha value is -2.66. The molecule has 5 nitrogen and oxygen atoms in total. The highest BCUT2D eigenvalue weighted by molar-refractivity contribution is 5.83. The summed E-state index contributed by atoms with van der Waals surface area (Å²) >= 11 is 0. The molecule has 0 aliphatic heterocycles. The summed E-state index contributed by atoms with van der Waals surface area (Å²) in [6.07, 6.45) is 4.15. The van der Waals surface area contributed by atoms with E-state index in [1.165, 1.54) is 0 Å². The molecule has 0 aliphatic rings. The van der Waals surface area contributed by atoms with Crippen molar-refractivity contribution in [1.29, 1.82) is 0 Å². The third kappa shape index (κ3) is 4.45. The van der Waals surface area contributed by atoms with Crippen molar-refractivity contribution < 1.29 is 9.90 Å². The van der Waals surface area contributed by atoms with Gasteiger partial charge in [0, 0.05) is 31.9 Å². The number of carbonyl (C=O) groups excluding carboxylic acids is 1. The first-order chi connectivity index (χ1) is 12.1. The Morgan fingerprint density at radius 1 is 1.24 bits per heavy atom. The van der Waals surface area contributed by atoms with Crippen LogP contribution in [0.25, 0.3) is 10.8 Å². The lowest BCUT2D eigenvalue weighted by Gasteiger charge is -2.13. The molecule has 5 heteroatoms. The van der Waals surface area contributed by atoms with Gasteiger partial charge in [0.1, 0.15) is 5.82 Å². The van der Waals surface area contributed by atoms with Crippen molar-refractivity contribution in [3.8, 4) is 0 Å². The monoisotopic (exact) mass is 337 g/mol. The van der Waals surface area contributed by atoms with Gasteiger partial charge in [-0.25, -0.2) is 4.98 Å². The predicted octanol–water partition coefficient (Wildman–Crippen LogP) is 2.97. The molecule has 0 aliphatic carbocycles. The number of hydrogen-bond acceptors (Lipinski definition) is 3. The smallest absolute Gasteiger partial charge is 0.220 e. The van der Waals surface area contributed by atoms with Crippen molar-refractivity contribution in [3.63, 3.8) is 0 Å². The van der Waals surface area contributed by atoms with Gasteiger partial charge in [0.25, 0.3) is 0 Å². The second-order valence-corrected chi connectivity index (χ2v) is 6.20. The van der Waals surface area contributed by atoms with Gasteiger partial charge in [0.05, 0.1) is 6.10 Å². The SMILES string of the molecule is Cc1nccn1CCCC(=O)NCC(O)c1ccc2ccccc2c1. The van der Waals surface area contributed by atoms with Crippen molar-refractivity contribution in [3.05, 3.63) is 66.2 Å². The molecular formula is C20H23N3O2. The Balaban J connectivity index is 1.46. The zero-order valence-corrected chi connectivity index (χ0v) is 14.4. The molecule has 130 valence electrons. The van der Waals surface area contributed by atoms with Crippen molar-refractivity contribution in [2.24, 2.45) is 0 Å². The molecule has 1 heterocycles. The summed E-state index contributed by atoms with van der Waals surface area (Å²) in [6.45, 7) is 2.94. The molecule has 1 unspecified atom stereocenters. The molecule has 1 amide bonds. The van der Waals surface area contributed by atoms with E-state index in [0.717, 1.165) is 35.1 Å². The molecule has 2 aromatic carbocycles. The summed E-state index contributed by atoms with van der Waals surface area (Å²) in [7, 11) is 0. The average Bonchev–Trinajstić information content (AvgIpc) is 3.04. The topological polar surface area (TPSA) is 67.2 Å². The maximum Gasteiger partial charge on any atom is 0.220 e. The van der Waals surface area contributed by atoms with Gasteiger partial charge in [-0.1, -0.05) is 36.4 Å². The third-order valence-corrected chi connectivity index (χ3v) is 4.38. The van der Waals surface area contributed by atoms with E-state index in [0.29, 0.717) is 6.42 Å². The van der Waals surface area contributed by atoms with Gasteiger partial charge in [0.15, 0.2) is 0 Å². The largest absolute Gasteiger partial charge is 0.387 e. The van der Waals surface area contributed by atoms with Crippen LogP contribution in [-0.4, -0.2) is 27.1 Å². The van der Waals surface area contributed by atoms with E-state index >= 15 is 0 Å². The number of aliphatic hydroxyl groups excluding tert-OH is 1. The number of aromatic nitrogens is 2. The Kier molecular flexibility index (Phi) is 5.46. The van der Waals surface area contributed by atoms with Crippen LogP contribution in [0, 0.1) is 6.92 Å². The van der Waals surface area contributed by atoms with E-state index < -0.39 is 6.10 Å². The summed E-state index contributed by atoms with van der Waals surface area (Å²) in [4.78, 5) is 16.1. The number of nitrogens with one attached hydrogen (secondary N) is 1. The third-order valence-electron chi connectivity index (χ3n) is 4.38. The van der Waals surface area contributed by atoms with Gasteiger partial charge >= 0.3 is 0 Å². The van der Waals surface area contributed by atoms with Gasteiger partial charge in [-0.05, 0) is 35.7 Å². The number of hydrogen-bond donors (Lipinski definition) is 2. The quantitative estimate of drug-likeness (QED) is 0.696. The van der Waals surface area contributed by atoms with Gasteiger partial charge in [-0.2, -0.15) is 0 Å². The van der Waals surface area contributed by atoms with Gasteiger partial charge in [-0.3, -0.25) is 4.79 Å². The van der Waals surface area contributed by atoms with Gasteiger partial charge in [0.2, 0.25) is 5.91 Å². The highest BCUT2D eigenvalue weighted by Gasteiger charge is 2.10. The molecule has 25 heavy (non-hydrogen) atoms. The van der Waals surface area contributed by atoms with Gasteiger partial charge < -0.3 is 15.0 Å². The molecule has 3 aromatic rings. The number of aliphatic hydroxyl groups is 1. The fourth-order valence-electron chi connectivity index (χ4n) is 2.88. The molecule has 0 saturated heterocycles. The number of nitrogens with zero attached hydrogens (tertiary/aromatic N) is 2. The van der Waals surface area contributed by atoms with Crippen LogP contribution in [0.5, 0.6) is 0 Å². The number of benzene rings is 2. The molecule has 0 saturated carbocycles. The van der Waals surface area contributed by atoms with Crippen LogP contribution in [0.15, 0.2) is 54.9 Å². The molecule has 0 fully saturated rings. The zero-order valence-electron chi connectivity index (χ0n) is 14.4. The molecule has 2 N–H and O–H groups in total. The summed E-state index contributed by atoms with van der Waals surface area (Å²) in [5.41, 5.74) is 0.813. The van der Waals surface area contributed by atoms with Crippen LogP contribution in [-0.2, 0) is 11.3 Å². The lowest BCUT2D eigenvalue weighted by Crippen LogP contribution is -2.28. The van der Waals surface area contributed by atoms with E-state index in [1.54, 1.807) is 6.20 Å². The van der Waals surface area contributed by atoms with Crippen LogP contribution >= 0.6 is 0 Å². The maximum atomic E-state index is 12.0. The van der Waals surface area contributed by atoms with Crippen molar-refractivity contribution in [1.82, 2.24) is 14.9 Å². The number of carbonyl (C=O) groups is 1. The molecular weight excluding hydrogens is 314 g/mol. The minimum absolute atomic E-state index is 0.0439. The van der Waals surface area contributed by atoms with Gasteiger partial charge in [-0.15, -0.1) is 0 Å². The Morgan fingerprint density at radius 3 is 2.80 bits per heavy atom. The zero-order chi connectivity index (χ0) is 17.6. The molecule has 1 aromatic heterocycles. The summed E-state index contributed by atoms with van der Waals surface area (Å²) in [6, 6.07) is 13.9. The van der Waals surface area contributed by atoms with Crippen LogP contribution in [0.2, 0.25) is 0 Å². The lowest BCUT2D eigenvalue weighted by molar-refractivity contribution is -0.121. The maximum absolute atomic E-state index is 12.0. The first kappa shape index (κ1) is 17.2. The lowest BCUT2D eigenvalue weighted by atomic mass is 10.0. The van der Waals surface area contributed by atoms with Crippen LogP contribution in [0.1, 0.15) is 30.3 Å². The normalized spacial score (nSPS) is 12.2. The van der Waals surface area contributed by atoms with Crippen molar-refractivity contribution >= 4 is 16.7 Å². The van der Waals surface area contributed by atoms with E-state index in [2.05, 4.69) is 10.3 Å². The highest BCUT2D eigenvalue weighted by Crippen LogP contribution is 2.20. The standard InChI is InChI=1S/C20H23N3O2/c1-15-21-10-12-23(15)11-4-7-20(25)22-14-19(24)18-9-8-16-5-2-3-6-17(16)13-18/h2-3,5-6,8-10,12-13,19,24H,4,7,11,14H2,1H3,(H,22,25). The first-order valence-corrected chi connectivity index (χ1v) is 8.54. The summed E-state index contributed by atoms with van der Waals surface area (Å²) in [5, 5.41) is 15.3. The van der Waals surface area contributed by atoms with Crippen LogP contribution in [0.3, 0.4) is 0 Å². The minimum atomic E-state index is -0.704. The molecule has 0 radical (unpaired) electrons. The van der Waals surface area contributed by atoms with E-state index in [4.69, 9.17) is 0 Å². The van der Waals surface area contributed by atoms with E-state index in [-0.39, 0.29) is 12.5 Å². The number of aryl methyl sites for hydroxylation is 2. The fraction of sp³-hybridized carbons (Fsp3) is 0.300. The summed E-state index contributed by atoms with van der Waals surface area (Å²) in [5.74, 6) is 0.907. The van der Waals surface area contributed by atoms with E-state index in [9.17, 15) is 9.90 Å². The Bertz CT molecular complexity index is 857. The first-order valence-electron chi connectivity index (χ1n) is 8.54. The average molecular weight is 337 g/mol. The fourth-order valence-corrected chi connectivity index (χ4v) is 2.88. The number of amides is 1. The molecule has 0 spiro atoms. The van der Waals surface area contributed by atoms with E-state index in [1.807, 2.05) is 60.2 Å². The second kappa shape index (κ2) is 7.94. The second-order valence-electron chi connectivity index (χ2n) is 6.20. The summed E-state index contributed by atoms with van der Waals surface area (Å²) < 4.78 is 2.03. The number of imidazole rings is 1.